The van der Waals surface area contributed by atoms with Crippen LogP contribution in [0.5, 0.6) is 11.5 Å². The van der Waals surface area contributed by atoms with E-state index in [1.807, 2.05) is 12.1 Å². The third-order valence-corrected chi connectivity index (χ3v) is 4.76. The van der Waals surface area contributed by atoms with Crippen molar-refractivity contribution < 1.29 is 14.2 Å². The summed E-state index contributed by atoms with van der Waals surface area (Å²) in [6.07, 6.45) is 2.65. The van der Waals surface area contributed by atoms with Gasteiger partial charge in [-0.3, -0.25) is 0 Å². The summed E-state index contributed by atoms with van der Waals surface area (Å²) in [5.74, 6) is 2.12. The minimum atomic E-state index is 0.409. The third-order valence-electron chi connectivity index (χ3n) is 4.02. The lowest BCUT2D eigenvalue weighted by Gasteiger charge is -2.18. The van der Waals surface area contributed by atoms with Gasteiger partial charge in [0.05, 0.1) is 20.3 Å². The van der Waals surface area contributed by atoms with Crippen molar-refractivity contribution in [3.63, 3.8) is 0 Å². The van der Waals surface area contributed by atoms with Crippen LogP contribution in [0, 0.1) is 5.92 Å². The fourth-order valence-electron chi connectivity index (χ4n) is 2.80. The largest absolute Gasteiger partial charge is 0.493 e. The number of methoxy groups -OCH3 is 2. The van der Waals surface area contributed by atoms with Gasteiger partial charge in [0, 0.05) is 24.2 Å². The van der Waals surface area contributed by atoms with E-state index in [4.69, 9.17) is 14.2 Å². The summed E-state index contributed by atoms with van der Waals surface area (Å²) < 4.78 is 17.4. The fourth-order valence-corrected chi connectivity index (χ4v) is 3.26. The second kappa shape index (κ2) is 8.01. The van der Waals surface area contributed by atoms with Crippen molar-refractivity contribution in [1.82, 2.24) is 5.32 Å². The molecule has 1 aromatic rings. The van der Waals surface area contributed by atoms with Crippen LogP contribution in [0.2, 0.25) is 0 Å². The smallest absolute Gasteiger partial charge is 0.161 e. The molecule has 1 heterocycles. The summed E-state index contributed by atoms with van der Waals surface area (Å²) in [7, 11) is 3.30. The van der Waals surface area contributed by atoms with E-state index in [1.165, 1.54) is 5.56 Å². The summed E-state index contributed by atoms with van der Waals surface area (Å²) in [4.78, 5) is 0. The Kier molecular flexibility index (Phi) is 6.33. The van der Waals surface area contributed by atoms with Gasteiger partial charge in [-0.1, -0.05) is 22.9 Å². The van der Waals surface area contributed by atoms with Gasteiger partial charge in [-0.05, 0) is 36.5 Å². The maximum absolute atomic E-state index is 5.72. The highest BCUT2D eigenvalue weighted by molar-refractivity contribution is 9.10. The van der Waals surface area contributed by atoms with Crippen molar-refractivity contribution in [2.24, 2.45) is 5.92 Å². The molecule has 2 unspecified atom stereocenters. The Labute approximate surface area is 135 Å². The van der Waals surface area contributed by atoms with E-state index in [0.717, 1.165) is 48.5 Å². The molecule has 2 atom stereocenters. The number of ether oxygens (including phenoxy) is 3. The maximum atomic E-state index is 5.72. The molecule has 0 spiro atoms. The monoisotopic (exact) mass is 357 g/mol. The van der Waals surface area contributed by atoms with Gasteiger partial charge in [0.1, 0.15) is 0 Å². The van der Waals surface area contributed by atoms with E-state index in [-0.39, 0.29) is 0 Å². The molecule has 4 nitrogen and oxygen atoms in total. The first-order valence-corrected chi connectivity index (χ1v) is 8.21. The zero-order chi connectivity index (χ0) is 15.2. The van der Waals surface area contributed by atoms with Crippen molar-refractivity contribution in [1.29, 1.82) is 0 Å². The highest BCUT2D eigenvalue weighted by Crippen LogP contribution is 2.33. The quantitative estimate of drug-likeness (QED) is 0.811. The molecule has 1 N–H and O–H groups in total. The van der Waals surface area contributed by atoms with Crippen LogP contribution in [0.3, 0.4) is 0 Å². The predicted molar refractivity (Wildman–Crippen MR) is 87.1 cm³/mol. The molecule has 1 fully saturated rings. The van der Waals surface area contributed by atoms with E-state index in [0.29, 0.717) is 12.0 Å². The lowest BCUT2D eigenvalue weighted by molar-refractivity contribution is 0.0872. The molecule has 5 heteroatoms. The lowest BCUT2D eigenvalue weighted by atomic mass is 9.99. The summed E-state index contributed by atoms with van der Waals surface area (Å²) >= 11 is 3.59. The van der Waals surface area contributed by atoms with E-state index in [1.54, 1.807) is 14.2 Å². The van der Waals surface area contributed by atoms with Crippen molar-refractivity contribution in [2.45, 2.75) is 32.4 Å². The summed E-state index contributed by atoms with van der Waals surface area (Å²) in [5, 5.41) is 3.53. The molecule has 0 bridgehead atoms. The molecule has 0 aromatic heterocycles. The first kappa shape index (κ1) is 16.6. The molecular formula is C16H24BrNO3. The van der Waals surface area contributed by atoms with E-state index in [9.17, 15) is 0 Å². The number of halogens is 1. The highest BCUT2D eigenvalue weighted by atomic mass is 79.9. The maximum Gasteiger partial charge on any atom is 0.161 e. The number of hydrogen-bond donors (Lipinski definition) is 1. The van der Waals surface area contributed by atoms with Gasteiger partial charge in [-0.15, -0.1) is 0 Å². The summed E-state index contributed by atoms with van der Waals surface area (Å²) in [6, 6.07) is 3.96. The molecule has 0 amide bonds. The molecule has 0 aliphatic carbocycles. The zero-order valence-electron chi connectivity index (χ0n) is 12.9. The standard InChI is InChI=1S/C16H24BrNO3/c1-4-14-11(5-6-21-14)9-18-10-12-7-15(19-2)16(20-3)8-13(12)17/h7-8,11,14,18H,4-6,9-10H2,1-3H3. The second-order valence-electron chi connectivity index (χ2n) is 5.30. The molecule has 1 aliphatic heterocycles. The molecule has 2 rings (SSSR count). The molecule has 1 aromatic carbocycles. The number of nitrogens with one attached hydrogen (secondary N) is 1. The second-order valence-corrected chi connectivity index (χ2v) is 6.15. The van der Waals surface area contributed by atoms with Crippen molar-refractivity contribution in [3.05, 3.63) is 22.2 Å². The molecule has 1 saturated heterocycles. The van der Waals surface area contributed by atoms with E-state index < -0.39 is 0 Å². The first-order chi connectivity index (χ1) is 10.2. The van der Waals surface area contributed by atoms with Crippen LogP contribution >= 0.6 is 15.9 Å². The van der Waals surface area contributed by atoms with Gasteiger partial charge in [0.2, 0.25) is 0 Å². The van der Waals surface area contributed by atoms with Gasteiger partial charge in [0.25, 0.3) is 0 Å². The Morgan fingerprint density at radius 3 is 2.67 bits per heavy atom. The topological polar surface area (TPSA) is 39.7 Å². The van der Waals surface area contributed by atoms with E-state index >= 15 is 0 Å². The van der Waals surface area contributed by atoms with Crippen LogP contribution in [0.25, 0.3) is 0 Å². The van der Waals surface area contributed by atoms with Gasteiger partial charge in [-0.25, -0.2) is 0 Å². The van der Waals surface area contributed by atoms with Gasteiger partial charge in [-0.2, -0.15) is 0 Å². The minimum Gasteiger partial charge on any atom is -0.493 e. The van der Waals surface area contributed by atoms with Crippen LogP contribution in [0.1, 0.15) is 25.3 Å². The molecule has 0 saturated carbocycles. The van der Waals surface area contributed by atoms with Crippen molar-refractivity contribution >= 4 is 15.9 Å². The SMILES string of the molecule is CCC1OCCC1CNCc1cc(OC)c(OC)cc1Br. The highest BCUT2D eigenvalue weighted by Gasteiger charge is 2.26. The third kappa shape index (κ3) is 4.11. The Hall–Kier alpha value is -0.780. The molecule has 1 aliphatic rings. The Morgan fingerprint density at radius 2 is 2.00 bits per heavy atom. The van der Waals surface area contributed by atoms with Crippen LogP contribution in [-0.4, -0.2) is 33.5 Å². The molecule has 0 radical (unpaired) electrons. The van der Waals surface area contributed by atoms with Gasteiger partial charge < -0.3 is 19.5 Å². The summed E-state index contributed by atoms with van der Waals surface area (Å²) in [6.45, 7) is 4.87. The van der Waals surface area contributed by atoms with Gasteiger partial charge in [0.15, 0.2) is 11.5 Å². The average molecular weight is 358 g/mol. The van der Waals surface area contributed by atoms with Crippen molar-refractivity contribution in [2.75, 3.05) is 27.4 Å². The van der Waals surface area contributed by atoms with E-state index in [2.05, 4.69) is 28.2 Å². The Bertz CT molecular complexity index is 467. The predicted octanol–water partition coefficient (Wildman–Crippen LogP) is 3.37. The van der Waals surface area contributed by atoms with Crippen LogP contribution < -0.4 is 14.8 Å². The normalized spacial score (nSPS) is 21.5. The number of hydrogen-bond acceptors (Lipinski definition) is 4. The first-order valence-electron chi connectivity index (χ1n) is 7.42. The fraction of sp³-hybridized carbons (Fsp3) is 0.625. The summed E-state index contributed by atoms with van der Waals surface area (Å²) in [5.41, 5.74) is 1.17. The Morgan fingerprint density at radius 1 is 1.29 bits per heavy atom. The minimum absolute atomic E-state index is 0.409. The van der Waals surface area contributed by atoms with Crippen LogP contribution in [0.15, 0.2) is 16.6 Å². The Balaban J connectivity index is 1.93. The number of rotatable bonds is 7. The lowest BCUT2D eigenvalue weighted by Crippen LogP contribution is -2.28. The zero-order valence-corrected chi connectivity index (χ0v) is 14.5. The average Bonchev–Trinajstić information content (AvgIpc) is 2.95. The van der Waals surface area contributed by atoms with Gasteiger partial charge >= 0.3 is 0 Å². The molecule has 21 heavy (non-hydrogen) atoms. The molecule has 118 valence electrons. The van der Waals surface area contributed by atoms with Crippen LogP contribution in [0.4, 0.5) is 0 Å². The number of benzene rings is 1. The van der Waals surface area contributed by atoms with Crippen molar-refractivity contribution in [3.8, 4) is 11.5 Å². The van der Waals surface area contributed by atoms with Crippen LogP contribution in [-0.2, 0) is 11.3 Å². The molecular weight excluding hydrogens is 334 g/mol.